The van der Waals surface area contributed by atoms with E-state index in [1.807, 2.05) is 37.3 Å². The molecule has 1 atom stereocenters. The number of methoxy groups -OCH3 is 2. The second-order valence-electron chi connectivity index (χ2n) is 8.62. The Hall–Kier alpha value is -4.30. The number of nitrogens with one attached hydrogen (secondary N) is 1. The Balaban J connectivity index is 1.89. The fourth-order valence-corrected chi connectivity index (χ4v) is 5.47. The molecule has 0 aliphatic rings. The minimum absolute atomic E-state index is 0.0170. The van der Waals surface area contributed by atoms with E-state index >= 15 is 0 Å². The summed E-state index contributed by atoms with van der Waals surface area (Å²) in [6.45, 7) is 1.97. The third-order valence-electron chi connectivity index (χ3n) is 5.73. The maximum atomic E-state index is 14.4. The summed E-state index contributed by atoms with van der Waals surface area (Å²) in [5, 5.41) is 2.66. The molecule has 212 valence electrons. The van der Waals surface area contributed by atoms with Crippen molar-refractivity contribution in [2.24, 2.45) is 0 Å². The van der Waals surface area contributed by atoms with Crippen molar-refractivity contribution >= 4 is 25.6 Å². The van der Waals surface area contributed by atoms with Crippen molar-refractivity contribution in [2.75, 3.05) is 14.2 Å². The average Bonchev–Trinajstić information content (AvgIpc) is 2.98. The van der Waals surface area contributed by atoms with E-state index in [1.165, 1.54) is 62.8 Å². The average molecular weight is 570 g/mol. The number of benzene rings is 3. The molecule has 3 aromatic carbocycles. The molecular formula is C29H32NO9P. The van der Waals surface area contributed by atoms with Gasteiger partial charge in [0.15, 0.2) is 5.78 Å². The lowest BCUT2D eigenvalue weighted by Crippen LogP contribution is -2.37. The fourth-order valence-electron chi connectivity index (χ4n) is 3.59. The van der Waals surface area contributed by atoms with Gasteiger partial charge >= 0.3 is 25.6 Å². The maximum absolute atomic E-state index is 14.4. The van der Waals surface area contributed by atoms with Gasteiger partial charge in [0.25, 0.3) is 0 Å². The Morgan fingerprint density at radius 2 is 1.27 bits per heavy atom. The van der Waals surface area contributed by atoms with Gasteiger partial charge in [-0.2, -0.15) is 0 Å². The van der Waals surface area contributed by atoms with Crippen LogP contribution in [0.3, 0.4) is 0 Å². The van der Waals surface area contributed by atoms with Crippen LogP contribution < -0.4 is 14.4 Å². The summed E-state index contributed by atoms with van der Waals surface area (Å²) in [6.07, 6.45) is 0.815. The zero-order valence-corrected chi connectivity index (χ0v) is 23.4. The van der Waals surface area contributed by atoms with Crippen molar-refractivity contribution in [1.29, 1.82) is 0 Å². The Morgan fingerprint density at radius 3 is 1.73 bits per heavy atom. The highest BCUT2D eigenvalue weighted by molar-refractivity contribution is 7.55. The molecule has 0 bridgehead atoms. The van der Waals surface area contributed by atoms with Crippen LogP contribution in [0.15, 0.2) is 78.9 Å². The number of carbonyl (C=O) groups is 3. The van der Waals surface area contributed by atoms with Crippen LogP contribution in [0.4, 0.5) is 4.79 Å². The first-order valence-electron chi connectivity index (χ1n) is 12.6. The molecule has 3 aromatic rings. The van der Waals surface area contributed by atoms with Crippen molar-refractivity contribution in [3.05, 3.63) is 95.6 Å². The van der Waals surface area contributed by atoms with Gasteiger partial charge in [0, 0.05) is 0 Å². The summed E-state index contributed by atoms with van der Waals surface area (Å²) >= 11 is 0. The Labute approximate surface area is 233 Å². The van der Waals surface area contributed by atoms with E-state index in [0.717, 1.165) is 12.0 Å². The first-order chi connectivity index (χ1) is 19.3. The molecule has 11 heteroatoms. The Morgan fingerprint density at radius 1 is 0.775 bits per heavy atom. The number of alkyl carbamates (subject to hydrolysis) is 1. The first kappa shape index (κ1) is 30.2. The Bertz CT molecular complexity index is 1250. The molecule has 0 radical (unpaired) electrons. The molecule has 40 heavy (non-hydrogen) atoms. The molecule has 0 fully saturated rings. The van der Waals surface area contributed by atoms with Crippen LogP contribution in [0.5, 0.6) is 11.5 Å². The van der Waals surface area contributed by atoms with E-state index in [9.17, 15) is 18.9 Å². The van der Waals surface area contributed by atoms with Crippen LogP contribution in [0.2, 0.25) is 0 Å². The van der Waals surface area contributed by atoms with Crippen molar-refractivity contribution in [1.82, 2.24) is 5.32 Å². The minimum atomic E-state index is -4.19. The minimum Gasteiger partial charge on any atom is -0.465 e. The molecule has 0 aliphatic carbocycles. The summed E-state index contributed by atoms with van der Waals surface area (Å²) in [5.74, 6) is -1.89. The smallest absolute Gasteiger partial charge is 0.453 e. The lowest BCUT2D eigenvalue weighted by Gasteiger charge is -2.28. The summed E-state index contributed by atoms with van der Waals surface area (Å²) in [6, 6.07) is 20.8. The van der Waals surface area contributed by atoms with Crippen LogP contribution in [0.25, 0.3) is 0 Å². The van der Waals surface area contributed by atoms with Gasteiger partial charge in [0.2, 0.25) is 0 Å². The number of carbonyl (C=O) groups excluding carboxylic acids is 3. The van der Waals surface area contributed by atoms with Crippen LogP contribution in [0.1, 0.15) is 52.5 Å². The van der Waals surface area contributed by atoms with Gasteiger partial charge in [-0.15, -0.1) is 0 Å². The third-order valence-corrected chi connectivity index (χ3v) is 7.81. The summed E-state index contributed by atoms with van der Waals surface area (Å²) in [7, 11) is -1.66. The predicted molar refractivity (Wildman–Crippen MR) is 148 cm³/mol. The van der Waals surface area contributed by atoms with Crippen LogP contribution in [-0.4, -0.2) is 38.0 Å². The van der Waals surface area contributed by atoms with E-state index < -0.39 is 31.4 Å². The molecule has 3 rings (SSSR count). The molecule has 1 N–H and O–H groups in total. The number of hydrogen-bond acceptors (Lipinski definition) is 9. The van der Waals surface area contributed by atoms with Crippen molar-refractivity contribution in [3.63, 3.8) is 0 Å². The van der Waals surface area contributed by atoms with Crippen molar-refractivity contribution in [2.45, 2.75) is 38.6 Å². The van der Waals surface area contributed by atoms with Crippen LogP contribution >= 0.6 is 7.60 Å². The topological polar surface area (TPSA) is 126 Å². The normalized spacial score (nSPS) is 11.6. The molecule has 1 unspecified atom stereocenters. The van der Waals surface area contributed by atoms with Crippen LogP contribution in [0, 0.1) is 0 Å². The third kappa shape index (κ3) is 8.61. The zero-order chi connectivity index (χ0) is 29.0. The largest absolute Gasteiger partial charge is 0.465 e. The summed E-state index contributed by atoms with van der Waals surface area (Å²) in [4.78, 5) is 36.4. The predicted octanol–water partition coefficient (Wildman–Crippen LogP) is 6.35. The van der Waals surface area contributed by atoms with Gasteiger partial charge in [-0.05, 0) is 60.5 Å². The van der Waals surface area contributed by atoms with E-state index in [2.05, 4.69) is 5.32 Å². The molecule has 0 saturated heterocycles. The van der Waals surface area contributed by atoms with Gasteiger partial charge in [0.05, 0.1) is 25.3 Å². The number of hydrogen-bond donors (Lipinski definition) is 1. The van der Waals surface area contributed by atoms with Crippen LogP contribution in [-0.2, 0) is 25.4 Å². The van der Waals surface area contributed by atoms with E-state index in [4.69, 9.17) is 23.3 Å². The molecule has 0 spiro atoms. The molecular weight excluding hydrogens is 537 g/mol. The zero-order valence-electron chi connectivity index (χ0n) is 22.5. The monoisotopic (exact) mass is 569 g/mol. The number of rotatable bonds is 13. The number of amides is 1. The second-order valence-corrected chi connectivity index (χ2v) is 10.7. The lowest BCUT2D eigenvalue weighted by atomic mass is 10.2. The van der Waals surface area contributed by atoms with E-state index in [1.54, 1.807) is 0 Å². The van der Waals surface area contributed by atoms with Crippen molar-refractivity contribution < 1.29 is 42.2 Å². The molecule has 0 saturated carbocycles. The summed E-state index contributed by atoms with van der Waals surface area (Å²) < 4.78 is 41.0. The highest BCUT2D eigenvalue weighted by Crippen LogP contribution is 2.53. The standard InChI is InChI=1S/C29H32NO9P/c1-4-5-11-26(30-29(33)37-20-21-9-7-6-8-10-21)40(34,38-24-16-12-22(13-17-24)27(31)35-2)39-25-18-14-23(15-19-25)28(32)36-3/h6-10,12-19,26H,4-5,11,20H2,1-3H3,(H,30,33). The molecule has 0 aromatic heterocycles. The quantitative estimate of drug-likeness (QED) is 0.142. The summed E-state index contributed by atoms with van der Waals surface area (Å²) in [5.41, 5.74) is 1.33. The van der Waals surface area contributed by atoms with Gasteiger partial charge in [-0.25, -0.2) is 18.9 Å². The molecule has 10 nitrogen and oxygen atoms in total. The van der Waals surface area contributed by atoms with Gasteiger partial charge < -0.3 is 28.6 Å². The van der Waals surface area contributed by atoms with Gasteiger partial charge in [-0.3, -0.25) is 0 Å². The van der Waals surface area contributed by atoms with E-state index in [-0.39, 0.29) is 35.7 Å². The second kappa shape index (κ2) is 14.7. The number of unbranched alkanes of at least 4 members (excludes halogenated alkanes) is 1. The molecule has 0 aliphatic heterocycles. The van der Waals surface area contributed by atoms with E-state index in [0.29, 0.717) is 6.42 Å². The van der Waals surface area contributed by atoms with Crippen molar-refractivity contribution in [3.8, 4) is 11.5 Å². The molecule has 0 heterocycles. The highest BCUT2D eigenvalue weighted by atomic mass is 31.2. The number of ether oxygens (including phenoxy) is 3. The fraction of sp³-hybridized carbons (Fsp3) is 0.276. The first-order valence-corrected chi connectivity index (χ1v) is 14.2. The highest BCUT2D eigenvalue weighted by Gasteiger charge is 2.40. The molecule has 1 amide bonds. The van der Waals surface area contributed by atoms with Gasteiger partial charge in [-0.1, -0.05) is 50.1 Å². The Kier molecular flexibility index (Phi) is 11.1. The van der Waals surface area contributed by atoms with Gasteiger partial charge in [0.1, 0.15) is 18.1 Å². The SMILES string of the molecule is CCCCC(NC(=O)OCc1ccccc1)P(=O)(Oc1ccc(C(=O)OC)cc1)Oc1ccc(C(=O)OC)cc1. The number of esters is 2. The maximum Gasteiger partial charge on any atom is 0.453 e. The lowest BCUT2D eigenvalue weighted by molar-refractivity contribution is 0.0592.